The summed E-state index contributed by atoms with van der Waals surface area (Å²) in [5.41, 5.74) is 1.15. The van der Waals surface area contributed by atoms with Crippen molar-refractivity contribution in [2.75, 3.05) is 36.5 Å². The zero-order chi connectivity index (χ0) is 15.2. The quantitative estimate of drug-likeness (QED) is 0.821. The predicted molar refractivity (Wildman–Crippen MR) is 91.2 cm³/mol. The Kier molecular flexibility index (Phi) is 5.33. The van der Waals surface area contributed by atoms with Crippen LogP contribution in [0.1, 0.15) is 32.1 Å². The van der Waals surface area contributed by atoms with Crippen LogP contribution in [0.2, 0.25) is 0 Å². The molecule has 4 heteroatoms. The Labute approximate surface area is 133 Å². The summed E-state index contributed by atoms with van der Waals surface area (Å²) in [5.74, 6) is 2.27. The van der Waals surface area contributed by atoms with Crippen molar-refractivity contribution in [3.05, 3.63) is 30.5 Å². The minimum Gasteiger partial charge on any atom is -0.396 e. The highest BCUT2D eigenvalue weighted by molar-refractivity contribution is 5.65. The molecule has 1 aromatic heterocycles. The molecule has 4 nitrogen and oxygen atoms in total. The standard InChI is InChI=1S/C18H27N3O/c22-14-16-8-11-21(12-9-16)18-17(7-4-10-19-18)20-13-15-5-2-1-3-6-15/h1-2,4,7,10,15-16,20,22H,3,5-6,8-9,11-14H2. The number of pyridine rings is 1. The number of hydrogen-bond donors (Lipinski definition) is 2. The van der Waals surface area contributed by atoms with Gasteiger partial charge in [0.05, 0.1) is 5.69 Å². The fourth-order valence-corrected chi connectivity index (χ4v) is 3.41. The summed E-state index contributed by atoms with van der Waals surface area (Å²) < 4.78 is 0. The largest absolute Gasteiger partial charge is 0.396 e. The minimum atomic E-state index is 0.316. The molecule has 2 N–H and O–H groups in total. The van der Waals surface area contributed by atoms with Crippen LogP contribution in [0, 0.1) is 11.8 Å². The van der Waals surface area contributed by atoms with Crippen LogP contribution in [0.15, 0.2) is 30.5 Å². The predicted octanol–water partition coefficient (Wildman–Crippen LogP) is 3.06. The highest BCUT2D eigenvalue weighted by atomic mass is 16.3. The first-order chi connectivity index (χ1) is 10.9. The molecule has 0 aromatic carbocycles. The Morgan fingerprint density at radius 1 is 1.18 bits per heavy atom. The number of allylic oxidation sites excluding steroid dienone is 2. The second-order valence-corrected chi connectivity index (χ2v) is 6.52. The average Bonchev–Trinajstić information content (AvgIpc) is 2.61. The number of anilines is 2. The van der Waals surface area contributed by atoms with Crippen molar-refractivity contribution < 1.29 is 5.11 Å². The van der Waals surface area contributed by atoms with E-state index in [9.17, 15) is 5.11 Å². The number of rotatable bonds is 5. The molecule has 0 bridgehead atoms. The van der Waals surface area contributed by atoms with Crippen LogP contribution >= 0.6 is 0 Å². The molecule has 2 aliphatic rings. The number of hydrogen-bond acceptors (Lipinski definition) is 4. The third-order valence-corrected chi connectivity index (χ3v) is 4.92. The van der Waals surface area contributed by atoms with Crippen molar-refractivity contribution in [2.24, 2.45) is 11.8 Å². The maximum atomic E-state index is 9.28. The maximum absolute atomic E-state index is 9.28. The molecule has 1 atom stereocenters. The van der Waals surface area contributed by atoms with Crippen LogP contribution in [-0.4, -0.2) is 36.3 Å². The van der Waals surface area contributed by atoms with E-state index in [0.717, 1.165) is 49.9 Å². The first-order valence-electron chi connectivity index (χ1n) is 8.56. The topological polar surface area (TPSA) is 48.4 Å². The van der Waals surface area contributed by atoms with Gasteiger partial charge >= 0.3 is 0 Å². The molecule has 3 rings (SSSR count). The van der Waals surface area contributed by atoms with Gasteiger partial charge in [-0.15, -0.1) is 0 Å². The molecule has 1 unspecified atom stereocenters. The van der Waals surface area contributed by atoms with Crippen LogP contribution in [0.3, 0.4) is 0 Å². The molecule has 1 aromatic rings. The van der Waals surface area contributed by atoms with E-state index in [1.807, 2.05) is 12.3 Å². The fraction of sp³-hybridized carbons (Fsp3) is 0.611. The zero-order valence-electron chi connectivity index (χ0n) is 13.2. The summed E-state index contributed by atoms with van der Waals surface area (Å²) in [5, 5.41) is 12.9. The van der Waals surface area contributed by atoms with Crippen LogP contribution in [0.4, 0.5) is 11.5 Å². The van der Waals surface area contributed by atoms with E-state index in [1.165, 1.54) is 19.3 Å². The van der Waals surface area contributed by atoms with Gasteiger partial charge in [0.15, 0.2) is 5.82 Å². The number of nitrogens with one attached hydrogen (secondary N) is 1. The summed E-state index contributed by atoms with van der Waals surface area (Å²) in [6, 6.07) is 4.15. The van der Waals surface area contributed by atoms with E-state index in [0.29, 0.717) is 12.5 Å². The van der Waals surface area contributed by atoms with Gasteiger partial charge in [-0.05, 0) is 56.1 Å². The smallest absolute Gasteiger partial charge is 0.151 e. The lowest BCUT2D eigenvalue weighted by molar-refractivity contribution is 0.203. The molecule has 0 amide bonds. The fourth-order valence-electron chi connectivity index (χ4n) is 3.41. The Hall–Kier alpha value is -1.55. The van der Waals surface area contributed by atoms with E-state index in [1.54, 1.807) is 0 Å². The number of nitrogens with zero attached hydrogens (tertiary/aromatic N) is 2. The van der Waals surface area contributed by atoms with Crippen molar-refractivity contribution in [3.63, 3.8) is 0 Å². The number of aliphatic hydroxyl groups excluding tert-OH is 1. The van der Waals surface area contributed by atoms with E-state index in [2.05, 4.69) is 33.4 Å². The van der Waals surface area contributed by atoms with Crippen molar-refractivity contribution in [3.8, 4) is 0 Å². The molecule has 2 heterocycles. The maximum Gasteiger partial charge on any atom is 0.151 e. The van der Waals surface area contributed by atoms with E-state index in [-0.39, 0.29) is 0 Å². The second kappa shape index (κ2) is 7.63. The van der Waals surface area contributed by atoms with Crippen molar-refractivity contribution in [1.29, 1.82) is 0 Å². The second-order valence-electron chi connectivity index (χ2n) is 6.52. The van der Waals surface area contributed by atoms with Gasteiger partial charge in [-0.1, -0.05) is 12.2 Å². The van der Waals surface area contributed by atoms with E-state index in [4.69, 9.17) is 0 Å². The average molecular weight is 301 g/mol. The molecule has 120 valence electrons. The van der Waals surface area contributed by atoms with E-state index < -0.39 is 0 Å². The van der Waals surface area contributed by atoms with Crippen molar-refractivity contribution >= 4 is 11.5 Å². The summed E-state index contributed by atoms with van der Waals surface area (Å²) in [6.45, 7) is 3.32. The van der Waals surface area contributed by atoms with Crippen LogP contribution in [0.5, 0.6) is 0 Å². The molecule has 22 heavy (non-hydrogen) atoms. The van der Waals surface area contributed by atoms with Gasteiger partial charge in [0.2, 0.25) is 0 Å². The molecule has 1 saturated heterocycles. The molecule has 1 aliphatic carbocycles. The van der Waals surface area contributed by atoms with Gasteiger partial charge in [0.25, 0.3) is 0 Å². The minimum absolute atomic E-state index is 0.316. The van der Waals surface area contributed by atoms with Gasteiger partial charge in [-0.25, -0.2) is 4.98 Å². The summed E-state index contributed by atoms with van der Waals surface area (Å²) >= 11 is 0. The SMILES string of the molecule is OCC1CCN(c2ncccc2NCC2CC=CCC2)CC1. The van der Waals surface area contributed by atoms with Gasteiger partial charge < -0.3 is 15.3 Å². The molecular weight excluding hydrogens is 274 g/mol. The number of piperidine rings is 1. The van der Waals surface area contributed by atoms with Crippen LogP contribution in [-0.2, 0) is 0 Å². The molecule has 0 spiro atoms. The first kappa shape index (κ1) is 15.3. The van der Waals surface area contributed by atoms with Gasteiger partial charge in [-0.2, -0.15) is 0 Å². The number of aromatic nitrogens is 1. The third-order valence-electron chi connectivity index (χ3n) is 4.92. The molecule has 1 aliphatic heterocycles. The lowest BCUT2D eigenvalue weighted by atomic mass is 9.94. The lowest BCUT2D eigenvalue weighted by Crippen LogP contribution is -2.35. The first-order valence-corrected chi connectivity index (χ1v) is 8.56. The summed E-state index contributed by atoms with van der Waals surface area (Å²) in [4.78, 5) is 6.96. The van der Waals surface area contributed by atoms with Crippen LogP contribution < -0.4 is 10.2 Å². The molecular formula is C18H27N3O. The normalized spacial score (nSPS) is 22.8. The Bertz CT molecular complexity index is 495. The third kappa shape index (κ3) is 3.80. The summed E-state index contributed by atoms with van der Waals surface area (Å²) in [6.07, 6.45) is 12.3. The lowest BCUT2D eigenvalue weighted by Gasteiger charge is -2.33. The van der Waals surface area contributed by atoms with Gasteiger partial charge in [-0.3, -0.25) is 0 Å². The van der Waals surface area contributed by atoms with Gasteiger partial charge in [0, 0.05) is 32.4 Å². The van der Waals surface area contributed by atoms with Crippen LogP contribution in [0.25, 0.3) is 0 Å². The highest BCUT2D eigenvalue weighted by Gasteiger charge is 2.21. The zero-order valence-corrected chi connectivity index (χ0v) is 13.2. The highest BCUT2D eigenvalue weighted by Crippen LogP contribution is 2.28. The van der Waals surface area contributed by atoms with Crippen molar-refractivity contribution in [1.82, 2.24) is 4.98 Å². The Balaban J connectivity index is 1.61. The molecule has 1 fully saturated rings. The molecule has 0 saturated carbocycles. The van der Waals surface area contributed by atoms with Crippen molar-refractivity contribution in [2.45, 2.75) is 32.1 Å². The Morgan fingerprint density at radius 2 is 2.05 bits per heavy atom. The van der Waals surface area contributed by atoms with E-state index >= 15 is 0 Å². The summed E-state index contributed by atoms with van der Waals surface area (Å²) in [7, 11) is 0. The molecule has 0 radical (unpaired) electrons. The van der Waals surface area contributed by atoms with Gasteiger partial charge in [0.1, 0.15) is 0 Å². The number of aliphatic hydroxyl groups is 1. The monoisotopic (exact) mass is 301 g/mol. The Morgan fingerprint density at radius 3 is 2.77 bits per heavy atom.